The Balaban J connectivity index is 2.04. The second kappa shape index (κ2) is 4.42. The Morgan fingerprint density at radius 3 is 2.47 bits per heavy atom. The fourth-order valence-corrected chi connectivity index (χ4v) is 2.81. The van der Waals surface area contributed by atoms with Crippen molar-refractivity contribution in [1.29, 1.82) is 0 Å². The molecule has 1 N–H and O–H groups in total. The van der Waals surface area contributed by atoms with Gasteiger partial charge in [-0.3, -0.25) is 0 Å². The molecular formula is C16H14F2O. The van der Waals surface area contributed by atoms with E-state index < -0.39 is 17.2 Å². The van der Waals surface area contributed by atoms with Crippen LogP contribution < -0.4 is 0 Å². The van der Waals surface area contributed by atoms with E-state index in [4.69, 9.17) is 0 Å². The monoisotopic (exact) mass is 260 g/mol. The fraction of sp³-hybridized carbons (Fsp3) is 0.250. The van der Waals surface area contributed by atoms with Crippen LogP contribution in [-0.2, 0) is 18.4 Å². The summed E-state index contributed by atoms with van der Waals surface area (Å²) in [6, 6.07) is 11.8. The number of rotatable bonds is 1. The first-order chi connectivity index (χ1) is 9.10. The highest BCUT2D eigenvalue weighted by Crippen LogP contribution is 2.37. The maximum Gasteiger partial charge on any atom is 0.164 e. The van der Waals surface area contributed by atoms with Gasteiger partial charge in [0, 0.05) is 12.0 Å². The van der Waals surface area contributed by atoms with Crippen LogP contribution in [0, 0.1) is 11.6 Å². The number of hydrogen-bond donors (Lipinski definition) is 1. The first-order valence-electron chi connectivity index (χ1n) is 6.34. The SMILES string of the molecule is OC1(c2cccc(F)c2F)CCc2ccccc2C1. The van der Waals surface area contributed by atoms with Crippen LogP contribution in [0.5, 0.6) is 0 Å². The summed E-state index contributed by atoms with van der Waals surface area (Å²) in [6.45, 7) is 0. The van der Waals surface area contributed by atoms with E-state index in [1.54, 1.807) is 0 Å². The van der Waals surface area contributed by atoms with Crippen molar-refractivity contribution in [3.63, 3.8) is 0 Å². The van der Waals surface area contributed by atoms with Crippen LogP contribution in [-0.4, -0.2) is 5.11 Å². The minimum absolute atomic E-state index is 0.0574. The molecular weight excluding hydrogens is 246 g/mol. The Morgan fingerprint density at radius 1 is 0.947 bits per heavy atom. The van der Waals surface area contributed by atoms with Gasteiger partial charge in [0.1, 0.15) is 0 Å². The molecule has 0 aliphatic heterocycles. The van der Waals surface area contributed by atoms with E-state index in [2.05, 4.69) is 0 Å². The zero-order chi connectivity index (χ0) is 13.5. The predicted octanol–water partition coefficient (Wildman–Crippen LogP) is 3.34. The maximum atomic E-state index is 13.9. The lowest BCUT2D eigenvalue weighted by atomic mass is 9.76. The quantitative estimate of drug-likeness (QED) is 0.833. The van der Waals surface area contributed by atoms with Crippen LogP contribution in [0.1, 0.15) is 23.1 Å². The van der Waals surface area contributed by atoms with Gasteiger partial charge in [-0.1, -0.05) is 36.4 Å². The van der Waals surface area contributed by atoms with E-state index in [1.807, 2.05) is 24.3 Å². The average molecular weight is 260 g/mol. The van der Waals surface area contributed by atoms with Crippen molar-refractivity contribution in [1.82, 2.24) is 0 Å². The summed E-state index contributed by atoms with van der Waals surface area (Å²) in [5.74, 6) is -1.85. The van der Waals surface area contributed by atoms with Gasteiger partial charge >= 0.3 is 0 Å². The number of hydrogen-bond acceptors (Lipinski definition) is 1. The van der Waals surface area contributed by atoms with Gasteiger partial charge in [-0.2, -0.15) is 0 Å². The summed E-state index contributed by atoms with van der Waals surface area (Å²) in [7, 11) is 0. The smallest absolute Gasteiger partial charge is 0.164 e. The van der Waals surface area contributed by atoms with Crippen molar-refractivity contribution in [3.8, 4) is 0 Å². The maximum absolute atomic E-state index is 13.9. The lowest BCUT2D eigenvalue weighted by Crippen LogP contribution is -2.34. The molecule has 3 heteroatoms. The number of halogens is 2. The molecule has 0 amide bonds. The first kappa shape index (κ1) is 12.3. The molecule has 0 aromatic heterocycles. The van der Waals surface area contributed by atoms with E-state index >= 15 is 0 Å². The van der Waals surface area contributed by atoms with Crippen molar-refractivity contribution >= 4 is 0 Å². The third-order valence-corrected chi connectivity index (χ3v) is 3.86. The highest BCUT2D eigenvalue weighted by Gasteiger charge is 2.36. The van der Waals surface area contributed by atoms with Crippen LogP contribution in [0.4, 0.5) is 8.78 Å². The molecule has 2 aromatic rings. The van der Waals surface area contributed by atoms with E-state index in [1.165, 1.54) is 17.7 Å². The molecule has 1 aliphatic carbocycles. The summed E-state index contributed by atoms with van der Waals surface area (Å²) in [4.78, 5) is 0. The molecule has 0 radical (unpaired) electrons. The standard InChI is InChI=1S/C16H14F2O/c17-14-7-3-6-13(15(14)18)16(19)9-8-11-4-1-2-5-12(11)10-16/h1-7,19H,8-10H2. The van der Waals surface area contributed by atoms with Crippen molar-refractivity contribution < 1.29 is 13.9 Å². The summed E-state index contributed by atoms with van der Waals surface area (Å²) < 4.78 is 27.2. The summed E-state index contributed by atoms with van der Waals surface area (Å²) in [5.41, 5.74) is 0.909. The Labute approximate surface area is 110 Å². The summed E-state index contributed by atoms with van der Waals surface area (Å²) >= 11 is 0. The zero-order valence-electron chi connectivity index (χ0n) is 10.4. The molecule has 2 aromatic carbocycles. The van der Waals surface area contributed by atoms with Crippen molar-refractivity contribution in [2.45, 2.75) is 24.9 Å². The molecule has 98 valence electrons. The van der Waals surface area contributed by atoms with Gasteiger partial charge in [0.05, 0.1) is 5.60 Å². The molecule has 0 saturated carbocycles. The Kier molecular flexibility index (Phi) is 2.86. The molecule has 0 spiro atoms. The molecule has 0 saturated heterocycles. The molecule has 0 heterocycles. The fourth-order valence-electron chi connectivity index (χ4n) is 2.81. The van der Waals surface area contributed by atoms with Gasteiger partial charge in [0.25, 0.3) is 0 Å². The van der Waals surface area contributed by atoms with Gasteiger partial charge in [0.15, 0.2) is 11.6 Å². The van der Waals surface area contributed by atoms with E-state index in [-0.39, 0.29) is 5.56 Å². The molecule has 1 nitrogen and oxygen atoms in total. The van der Waals surface area contributed by atoms with Gasteiger partial charge in [-0.25, -0.2) is 8.78 Å². The Morgan fingerprint density at radius 2 is 1.68 bits per heavy atom. The van der Waals surface area contributed by atoms with E-state index in [0.29, 0.717) is 19.3 Å². The normalized spacial score (nSPS) is 22.1. The zero-order valence-corrected chi connectivity index (χ0v) is 10.4. The molecule has 1 aliphatic rings. The summed E-state index contributed by atoms with van der Waals surface area (Å²) in [5, 5.41) is 10.7. The van der Waals surface area contributed by atoms with Crippen LogP contribution in [0.15, 0.2) is 42.5 Å². The third-order valence-electron chi connectivity index (χ3n) is 3.86. The second-order valence-electron chi connectivity index (χ2n) is 5.08. The molecule has 1 atom stereocenters. The highest BCUT2D eigenvalue weighted by atomic mass is 19.2. The van der Waals surface area contributed by atoms with Gasteiger partial charge in [0.2, 0.25) is 0 Å². The largest absolute Gasteiger partial charge is 0.385 e. The van der Waals surface area contributed by atoms with Crippen molar-refractivity contribution in [2.24, 2.45) is 0 Å². The van der Waals surface area contributed by atoms with E-state index in [9.17, 15) is 13.9 Å². The number of fused-ring (bicyclic) bond motifs is 1. The van der Waals surface area contributed by atoms with Crippen LogP contribution in [0.25, 0.3) is 0 Å². The minimum atomic E-state index is -1.32. The molecule has 0 bridgehead atoms. The lowest BCUT2D eigenvalue weighted by molar-refractivity contribution is 0.0182. The van der Waals surface area contributed by atoms with Gasteiger partial charge < -0.3 is 5.11 Å². The average Bonchev–Trinajstić information content (AvgIpc) is 2.41. The molecule has 1 unspecified atom stereocenters. The van der Waals surface area contributed by atoms with Crippen LogP contribution in [0.2, 0.25) is 0 Å². The van der Waals surface area contributed by atoms with Crippen molar-refractivity contribution in [3.05, 3.63) is 70.8 Å². The molecule has 3 rings (SSSR count). The molecule has 19 heavy (non-hydrogen) atoms. The predicted molar refractivity (Wildman–Crippen MR) is 68.7 cm³/mol. The van der Waals surface area contributed by atoms with Crippen molar-refractivity contribution in [2.75, 3.05) is 0 Å². The number of aryl methyl sites for hydroxylation is 1. The molecule has 0 fully saturated rings. The highest BCUT2D eigenvalue weighted by molar-refractivity contribution is 5.36. The number of benzene rings is 2. The lowest BCUT2D eigenvalue weighted by Gasteiger charge is -2.34. The van der Waals surface area contributed by atoms with Crippen LogP contribution in [0.3, 0.4) is 0 Å². The van der Waals surface area contributed by atoms with E-state index in [0.717, 1.165) is 11.6 Å². The topological polar surface area (TPSA) is 20.2 Å². The Hall–Kier alpha value is -1.74. The minimum Gasteiger partial charge on any atom is -0.385 e. The van der Waals surface area contributed by atoms with Crippen LogP contribution >= 0.6 is 0 Å². The first-order valence-corrected chi connectivity index (χ1v) is 6.34. The Bertz CT molecular complexity index is 624. The number of aliphatic hydroxyl groups is 1. The van der Waals surface area contributed by atoms with Gasteiger partial charge in [-0.15, -0.1) is 0 Å². The summed E-state index contributed by atoms with van der Waals surface area (Å²) in [6.07, 6.45) is 1.40. The second-order valence-corrected chi connectivity index (χ2v) is 5.08. The van der Waals surface area contributed by atoms with Gasteiger partial charge in [-0.05, 0) is 30.0 Å². The third kappa shape index (κ3) is 2.04.